The minimum Gasteiger partial charge on any atom is -0.273 e. The van der Waals surface area contributed by atoms with Crippen LogP contribution in [0.5, 0.6) is 0 Å². The Labute approximate surface area is 96.2 Å². The summed E-state index contributed by atoms with van der Waals surface area (Å²) in [6, 6.07) is 7.07. The van der Waals surface area contributed by atoms with E-state index in [1.165, 1.54) is 16.7 Å². The van der Waals surface area contributed by atoms with Crippen molar-refractivity contribution in [3.8, 4) is 0 Å². The summed E-state index contributed by atoms with van der Waals surface area (Å²) in [6.07, 6.45) is 0. The Kier molecular flexibility index (Phi) is 2.76. The molecule has 2 rings (SSSR count). The smallest absolute Gasteiger partial charge is 0.243 e. The molecule has 0 bridgehead atoms. The highest BCUT2D eigenvalue weighted by molar-refractivity contribution is 8.24. The van der Waals surface area contributed by atoms with E-state index >= 15 is 0 Å². The van der Waals surface area contributed by atoms with Crippen molar-refractivity contribution >= 4 is 51.5 Å². The van der Waals surface area contributed by atoms with Crippen molar-refractivity contribution in [2.24, 2.45) is 0 Å². The Morgan fingerprint density at radius 2 is 2.00 bits per heavy atom. The largest absolute Gasteiger partial charge is 0.273 e. The van der Waals surface area contributed by atoms with Crippen LogP contribution >= 0.6 is 35.6 Å². The van der Waals surface area contributed by atoms with Crippen LogP contribution in [0.3, 0.4) is 0 Å². The van der Waals surface area contributed by atoms with Gasteiger partial charge in [0.1, 0.15) is 4.32 Å². The van der Waals surface area contributed by atoms with Gasteiger partial charge in [-0.15, -0.1) is 0 Å². The number of carbonyl (C=O) groups is 1. The zero-order valence-corrected chi connectivity index (χ0v) is 9.46. The molecule has 1 aromatic rings. The molecule has 0 aliphatic carbocycles. The van der Waals surface area contributed by atoms with Gasteiger partial charge in [-0.25, -0.2) is 0 Å². The molecule has 0 spiro atoms. The molecule has 72 valence electrons. The van der Waals surface area contributed by atoms with E-state index < -0.39 is 0 Å². The molecule has 0 aromatic heterocycles. The third kappa shape index (κ3) is 1.78. The molecule has 0 radical (unpaired) electrons. The van der Waals surface area contributed by atoms with Gasteiger partial charge in [0.05, 0.1) is 11.4 Å². The Morgan fingerprint density at radius 3 is 2.50 bits per heavy atom. The van der Waals surface area contributed by atoms with Gasteiger partial charge in [-0.1, -0.05) is 35.6 Å². The van der Waals surface area contributed by atoms with Gasteiger partial charge in [-0.2, -0.15) is 0 Å². The third-order valence-corrected chi connectivity index (χ3v) is 3.44. The zero-order chi connectivity index (χ0) is 10.1. The van der Waals surface area contributed by atoms with Gasteiger partial charge < -0.3 is 0 Å². The minimum atomic E-state index is 0.0299. The van der Waals surface area contributed by atoms with Crippen LogP contribution in [-0.4, -0.2) is 16.0 Å². The summed E-state index contributed by atoms with van der Waals surface area (Å²) in [6.45, 7) is 0. The van der Waals surface area contributed by atoms with E-state index in [1.54, 1.807) is 24.3 Å². The Balaban J connectivity index is 2.34. The van der Waals surface area contributed by atoms with Crippen LogP contribution in [0.4, 0.5) is 5.69 Å². The summed E-state index contributed by atoms with van der Waals surface area (Å²) in [4.78, 5) is 13.0. The zero-order valence-electron chi connectivity index (χ0n) is 7.07. The number of rotatable bonds is 1. The first-order valence-corrected chi connectivity index (χ1v) is 5.71. The fourth-order valence-corrected chi connectivity index (χ4v) is 2.42. The first-order valence-electron chi connectivity index (χ1n) is 3.94. The molecule has 1 heterocycles. The molecular formula is C9H6ClNOS2. The highest BCUT2D eigenvalue weighted by Gasteiger charge is 2.27. The van der Waals surface area contributed by atoms with E-state index in [2.05, 4.69) is 0 Å². The van der Waals surface area contributed by atoms with Crippen molar-refractivity contribution in [3.05, 3.63) is 29.3 Å². The molecule has 0 unspecified atom stereocenters. The minimum absolute atomic E-state index is 0.0299. The van der Waals surface area contributed by atoms with E-state index in [4.69, 9.17) is 23.8 Å². The molecule has 0 N–H and O–H groups in total. The lowest BCUT2D eigenvalue weighted by Gasteiger charge is -2.14. The lowest BCUT2D eigenvalue weighted by Crippen LogP contribution is -2.27. The average Bonchev–Trinajstić information content (AvgIpc) is 2.49. The van der Waals surface area contributed by atoms with Crippen molar-refractivity contribution in [1.82, 2.24) is 0 Å². The number of thiocarbonyl (C=S) groups is 1. The monoisotopic (exact) mass is 243 g/mol. The van der Waals surface area contributed by atoms with Gasteiger partial charge in [0.2, 0.25) is 5.91 Å². The van der Waals surface area contributed by atoms with Gasteiger partial charge in [0.15, 0.2) is 0 Å². The molecule has 1 aliphatic rings. The quantitative estimate of drug-likeness (QED) is 0.708. The van der Waals surface area contributed by atoms with Crippen molar-refractivity contribution < 1.29 is 4.79 Å². The highest BCUT2D eigenvalue weighted by atomic mass is 35.5. The highest BCUT2D eigenvalue weighted by Crippen LogP contribution is 2.27. The standard InChI is InChI=1S/C9H6ClNOS2/c10-6-1-3-7(4-2-6)11-8(12)5-14-9(11)13/h1-4H,5H2. The first-order chi connectivity index (χ1) is 6.68. The first kappa shape index (κ1) is 9.96. The van der Waals surface area contributed by atoms with Gasteiger partial charge in [0.25, 0.3) is 0 Å². The maximum atomic E-state index is 11.5. The topological polar surface area (TPSA) is 20.3 Å². The summed E-state index contributed by atoms with van der Waals surface area (Å²) in [5, 5.41) is 0.652. The Hall–Kier alpha value is -0.580. The van der Waals surface area contributed by atoms with Crippen LogP contribution in [0.15, 0.2) is 24.3 Å². The van der Waals surface area contributed by atoms with Crippen molar-refractivity contribution in [1.29, 1.82) is 0 Å². The van der Waals surface area contributed by atoms with Gasteiger partial charge in [-0.05, 0) is 24.3 Å². The van der Waals surface area contributed by atoms with Gasteiger partial charge in [-0.3, -0.25) is 9.69 Å². The fourth-order valence-electron chi connectivity index (χ4n) is 1.19. The van der Waals surface area contributed by atoms with Gasteiger partial charge in [0, 0.05) is 5.02 Å². The molecule has 1 amide bonds. The van der Waals surface area contributed by atoms with E-state index in [9.17, 15) is 4.79 Å². The van der Waals surface area contributed by atoms with Crippen LogP contribution in [0.25, 0.3) is 0 Å². The molecule has 1 aromatic carbocycles. The molecule has 5 heteroatoms. The second-order valence-corrected chi connectivity index (χ2v) is 4.81. The molecule has 14 heavy (non-hydrogen) atoms. The van der Waals surface area contributed by atoms with E-state index in [0.29, 0.717) is 15.1 Å². The normalized spacial score (nSPS) is 16.5. The molecule has 0 atom stereocenters. The predicted molar refractivity (Wildman–Crippen MR) is 64.0 cm³/mol. The number of hydrogen-bond acceptors (Lipinski definition) is 3. The lowest BCUT2D eigenvalue weighted by atomic mass is 10.3. The second kappa shape index (κ2) is 3.88. The molecule has 0 saturated carbocycles. The summed E-state index contributed by atoms with van der Waals surface area (Å²) >= 11 is 12.2. The van der Waals surface area contributed by atoms with E-state index in [1.807, 2.05) is 0 Å². The average molecular weight is 244 g/mol. The second-order valence-electron chi connectivity index (χ2n) is 2.76. The number of hydrogen-bond donors (Lipinski definition) is 0. The van der Waals surface area contributed by atoms with Crippen molar-refractivity contribution in [2.45, 2.75) is 0 Å². The number of nitrogens with zero attached hydrogens (tertiary/aromatic N) is 1. The lowest BCUT2D eigenvalue weighted by molar-refractivity contribution is -0.115. The number of thioether (sulfide) groups is 1. The van der Waals surface area contributed by atoms with Crippen LogP contribution in [0, 0.1) is 0 Å². The van der Waals surface area contributed by atoms with Crippen LogP contribution in [0.2, 0.25) is 5.02 Å². The fraction of sp³-hybridized carbons (Fsp3) is 0.111. The predicted octanol–water partition coefficient (Wildman–Crippen LogP) is 2.70. The summed E-state index contributed by atoms with van der Waals surface area (Å²) < 4.78 is 0.609. The van der Waals surface area contributed by atoms with Crippen molar-refractivity contribution in [3.63, 3.8) is 0 Å². The van der Waals surface area contributed by atoms with Gasteiger partial charge >= 0.3 is 0 Å². The summed E-state index contributed by atoms with van der Waals surface area (Å²) in [7, 11) is 0. The van der Waals surface area contributed by atoms with Crippen molar-refractivity contribution in [2.75, 3.05) is 10.7 Å². The molecular weight excluding hydrogens is 238 g/mol. The molecule has 1 saturated heterocycles. The number of anilines is 1. The van der Waals surface area contributed by atoms with Crippen LogP contribution in [-0.2, 0) is 4.79 Å². The maximum Gasteiger partial charge on any atom is 0.243 e. The molecule has 1 fully saturated rings. The van der Waals surface area contributed by atoms with Crippen LogP contribution in [0.1, 0.15) is 0 Å². The number of amides is 1. The maximum absolute atomic E-state index is 11.5. The summed E-state index contributed by atoms with van der Waals surface area (Å²) in [5.41, 5.74) is 0.786. The Bertz CT molecular complexity index is 374. The van der Waals surface area contributed by atoms with E-state index in [0.717, 1.165) is 5.69 Å². The number of carbonyl (C=O) groups excluding carboxylic acids is 1. The molecule has 2 nitrogen and oxygen atoms in total. The van der Waals surface area contributed by atoms with E-state index in [-0.39, 0.29) is 5.91 Å². The van der Waals surface area contributed by atoms with Crippen LogP contribution < -0.4 is 4.90 Å². The SMILES string of the molecule is O=C1CSC(=S)N1c1ccc(Cl)cc1. The summed E-state index contributed by atoms with van der Waals surface area (Å²) in [5.74, 6) is 0.462. The molecule has 1 aliphatic heterocycles. The third-order valence-electron chi connectivity index (χ3n) is 1.84. The Morgan fingerprint density at radius 1 is 1.36 bits per heavy atom. The number of halogens is 1. The number of benzene rings is 1.